The van der Waals surface area contributed by atoms with E-state index in [1.54, 1.807) is 60.8 Å². The number of nitrogens with one attached hydrogen (secondary N) is 2. The fourth-order valence-electron chi connectivity index (χ4n) is 3.07. The van der Waals surface area contributed by atoms with Gasteiger partial charge in [-0.2, -0.15) is 19.6 Å². The number of aromatic nitrogens is 20. The predicted octanol–water partition coefficient (Wildman–Crippen LogP) is 7.58. The van der Waals surface area contributed by atoms with E-state index in [-0.39, 0.29) is 0 Å². The molecule has 0 amide bonds. The first-order valence-corrected chi connectivity index (χ1v) is 21.7. The Morgan fingerprint density at radius 2 is 1.45 bits per heavy atom. The molecule has 0 saturated carbocycles. The smallest absolute Gasteiger partial charge is 0.213 e. The molecule has 11 aromatic heterocycles. The molecule has 0 radical (unpaired) electrons. The van der Waals surface area contributed by atoms with Crippen LogP contribution in [0.2, 0.25) is 0 Å². The van der Waals surface area contributed by atoms with Gasteiger partial charge in [0, 0.05) is 98.0 Å². The lowest BCUT2D eigenvalue weighted by Crippen LogP contribution is -1.83. The summed E-state index contributed by atoms with van der Waals surface area (Å²) in [6.07, 6.45) is 25.9. The zero-order valence-corrected chi connectivity index (χ0v) is 41.1. The molecule has 0 bridgehead atoms. The largest absolute Gasteiger partial charge is 0.365 e. The van der Waals surface area contributed by atoms with Gasteiger partial charge in [-0.15, -0.1) is 10.2 Å². The van der Waals surface area contributed by atoms with Crippen molar-refractivity contribution in [2.75, 3.05) is 0 Å². The molecule has 2 N–H and O–H groups in total. The SMILES string of the molecule is Cc1cnc[nH]1.Cc1cnoc1.Cc1cnsc1.Cc1conn1.Cc1csnn1.Cc1ncn[nH]1.Cc1ncon1.Cc1ncsn1.Cn1cccc1.Cn1cccn1.Cn1ccnc1. The van der Waals surface area contributed by atoms with Crippen LogP contribution in [0.25, 0.3) is 0 Å². The molecule has 0 aliphatic carbocycles. The van der Waals surface area contributed by atoms with Crippen LogP contribution in [0.15, 0.2) is 142 Å². The lowest BCUT2D eigenvalue weighted by atomic mass is 10.4. The molecule has 11 rings (SSSR count). The van der Waals surface area contributed by atoms with Crippen LogP contribution in [0.3, 0.4) is 0 Å². The number of H-pyrrole nitrogens is 2. The summed E-state index contributed by atoms with van der Waals surface area (Å²) in [5.41, 5.74) is 6.95. The van der Waals surface area contributed by atoms with Gasteiger partial charge in [0.05, 0.1) is 24.5 Å². The van der Waals surface area contributed by atoms with Crippen molar-refractivity contribution in [3.8, 4) is 0 Å². The first-order valence-electron chi connectivity index (χ1n) is 19.2. The van der Waals surface area contributed by atoms with E-state index in [0.717, 1.165) is 34.3 Å². The third-order valence-corrected chi connectivity index (χ3v) is 8.09. The van der Waals surface area contributed by atoms with Gasteiger partial charge in [0.25, 0.3) is 0 Å². The molecule has 11 aromatic rings. The van der Waals surface area contributed by atoms with E-state index >= 15 is 0 Å². The molecule has 0 aliphatic heterocycles. The lowest BCUT2D eigenvalue weighted by molar-refractivity contribution is 0.392. The molecule has 0 aliphatic rings. The number of aromatic amines is 2. The maximum atomic E-state index is 4.46. The van der Waals surface area contributed by atoms with Crippen LogP contribution in [-0.4, -0.2) is 98.0 Å². The van der Waals surface area contributed by atoms with Gasteiger partial charge < -0.3 is 27.7 Å². The number of nitrogens with zero attached hydrogens (tertiary/aromatic N) is 18. The van der Waals surface area contributed by atoms with Crippen molar-refractivity contribution in [1.82, 2.24) is 98.0 Å². The zero-order valence-electron chi connectivity index (χ0n) is 38.6. The van der Waals surface area contributed by atoms with Gasteiger partial charge in [-0.05, 0) is 114 Å². The monoisotopic (exact) mass is 960 g/mol. The third kappa shape index (κ3) is 35.8. The highest BCUT2D eigenvalue weighted by atomic mass is 32.1. The van der Waals surface area contributed by atoms with Crippen LogP contribution in [-0.2, 0) is 21.1 Å². The Balaban J connectivity index is 0.000000363. The summed E-state index contributed by atoms with van der Waals surface area (Å²) < 4.78 is 30.1. The number of hydrogen-bond acceptors (Lipinski definition) is 21. The molecule has 0 unspecified atom stereocenters. The van der Waals surface area contributed by atoms with Gasteiger partial charge in [-0.3, -0.25) is 9.78 Å². The Bertz CT molecular complexity index is 1840. The van der Waals surface area contributed by atoms with Crippen molar-refractivity contribution < 1.29 is 13.6 Å². The molecule has 26 heteroatoms. The average Bonchev–Trinajstić information content (AvgIpc) is 4.13. The minimum absolute atomic E-state index is 0.676. The summed E-state index contributed by atoms with van der Waals surface area (Å²) in [5, 5.41) is 31.2. The number of rotatable bonds is 0. The van der Waals surface area contributed by atoms with Crippen molar-refractivity contribution in [2.45, 2.75) is 55.4 Å². The standard InChI is InChI=1S/C5H7N.3C4H6N2.C4H5NO.C4H5NS.C3H5N3.2C3H4N2O.2C3H4N2S/c1-6-4-2-3-5-6;1-4-2-5-3-6-4;1-6-3-2-5-4-6;1-6-4-2-3-5-6;2*1-4-2-5-6-3-4;1-3-4-2-5-6-3;1-3-4-2-6-5-3;1-3-2-6-5-4-3;1-3-4-2-6-5-3;1-3-2-6-5-4-3/h2-5H,1H3;2-3H,1H3,(H,5,6);2*2-4H,1H3;2*2-3H,1H3;2H,1H3,(H,4,5,6);4*2H,1H3. The molecular weight excluding hydrogens is 905 g/mol. The van der Waals surface area contributed by atoms with Crippen LogP contribution in [0.5, 0.6) is 0 Å². The molecule has 352 valence electrons. The molecule has 0 atom stereocenters. The second-order valence-electron chi connectivity index (χ2n) is 12.5. The fourth-order valence-corrected chi connectivity index (χ4v) is 4.45. The Morgan fingerprint density at radius 1 is 0.652 bits per heavy atom. The van der Waals surface area contributed by atoms with E-state index in [4.69, 9.17) is 0 Å². The van der Waals surface area contributed by atoms with Gasteiger partial charge in [0.1, 0.15) is 41.7 Å². The number of aryl methyl sites for hydroxylation is 11. The highest BCUT2D eigenvalue weighted by Crippen LogP contribution is 1.96. The molecule has 66 heavy (non-hydrogen) atoms. The average molecular weight is 961 g/mol. The third-order valence-electron chi connectivity index (χ3n) is 6.19. The van der Waals surface area contributed by atoms with Crippen LogP contribution in [0.1, 0.15) is 45.7 Å². The van der Waals surface area contributed by atoms with E-state index in [9.17, 15) is 0 Å². The molecule has 0 saturated heterocycles. The van der Waals surface area contributed by atoms with Crippen molar-refractivity contribution in [1.29, 1.82) is 0 Å². The predicted molar refractivity (Wildman–Crippen MR) is 252 cm³/mol. The first-order chi connectivity index (χ1) is 31.8. The van der Waals surface area contributed by atoms with Gasteiger partial charge in [-0.25, -0.2) is 24.3 Å². The normalized spacial score (nSPS) is 8.83. The molecule has 0 spiro atoms. The minimum Gasteiger partial charge on any atom is -0.365 e. The van der Waals surface area contributed by atoms with Gasteiger partial charge in [-0.1, -0.05) is 14.8 Å². The highest BCUT2D eigenvalue weighted by molar-refractivity contribution is 7.03. The second kappa shape index (κ2) is 37.8. The van der Waals surface area contributed by atoms with Crippen molar-refractivity contribution in [3.05, 3.63) is 174 Å². The number of imidazole rings is 2. The van der Waals surface area contributed by atoms with E-state index in [1.807, 2.05) is 139 Å². The molecular formula is C40H56N20O3S3. The molecule has 23 nitrogen and oxygen atoms in total. The van der Waals surface area contributed by atoms with Crippen molar-refractivity contribution >= 4 is 34.6 Å². The fraction of sp³-hybridized carbons (Fsp3) is 0.275. The topological polar surface area (TPSA) is 279 Å². The van der Waals surface area contributed by atoms with Crippen LogP contribution >= 0.6 is 34.6 Å². The van der Waals surface area contributed by atoms with E-state index < -0.39 is 0 Å². The molecule has 11 heterocycles. The molecule has 0 fully saturated rings. The van der Waals surface area contributed by atoms with E-state index in [0.29, 0.717) is 5.82 Å². The van der Waals surface area contributed by atoms with Crippen molar-refractivity contribution in [2.24, 2.45) is 21.1 Å². The van der Waals surface area contributed by atoms with Crippen molar-refractivity contribution in [3.63, 3.8) is 0 Å². The Labute approximate surface area is 395 Å². The lowest BCUT2D eigenvalue weighted by Gasteiger charge is -1.79. The van der Waals surface area contributed by atoms with E-state index in [2.05, 4.69) is 97.8 Å². The second-order valence-corrected chi connectivity index (χ2v) is 14.4. The Kier molecular flexibility index (Phi) is 32.3. The minimum atomic E-state index is 0.676. The molecule has 0 aromatic carbocycles. The maximum Gasteiger partial charge on any atom is 0.213 e. The van der Waals surface area contributed by atoms with Gasteiger partial charge in [0.15, 0.2) is 5.82 Å². The Hall–Kier alpha value is -7.71. The summed E-state index contributed by atoms with van der Waals surface area (Å²) in [6.45, 7) is 15.2. The quantitative estimate of drug-likeness (QED) is 0.148. The Morgan fingerprint density at radius 3 is 1.62 bits per heavy atom. The summed E-state index contributed by atoms with van der Waals surface area (Å²) in [6, 6.07) is 5.89. The van der Waals surface area contributed by atoms with E-state index in [1.165, 1.54) is 59.1 Å². The zero-order chi connectivity index (χ0) is 48.5. The summed E-state index contributed by atoms with van der Waals surface area (Å²) >= 11 is 4.25. The van der Waals surface area contributed by atoms with Gasteiger partial charge in [0.2, 0.25) is 6.39 Å². The van der Waals surface area contributed by atoms with Crippen LogP contribution in [0.4, 0.5) is 0 Å². The summed E-state index contributed by atoms with van der Waals surface area (Å²) in [7, 11) is 5.83. The first kappa shape index (κ1) is 56.3. The number of hydrogen-bond donors (Lipinski definition) is 2. The summed E-state index contributed by atoms with van der Waals surface area (Å²) in [5.74, 6) is 2.39. The van der Waals surface area contributed by atoms with Gasteiger partial charge >= 0.3 is 0 Å². The van der Waals surface area contributed by atoms with Crippen LogP contribution < -0.4 is 0 Å². The maximum absolute atomic E-state index is 4.46. The van der Waals surface area contributed by atoms with Crippen LogP contribution in [0, 0.1) is 55.4 Å². The highest BCUT2D eigenvalue weighted by Gasteiger charge is 1.82. The summed E-state index contributed by atoms with van der Waals surface area (Å²) in [4.78, 5) is 21.7.